The Kier molecular flexibility index (Phi) is 9.57. The maximum atomic E-state index is 13.9. The van der Waals surface area contributed by atoms with Crippen molar-refractivity contribution in [3.05, 3.63) is 84.4 Å². The first kappa shape index (κ1) is 28.7. The van der Waals surface area contributed by atoms with Gasteiger partial charge in [0.2, 0.25) is 5.91 Å². The zero-order valence-electron chi connectivity index (χ0n) is 24.0. The van der Waals surface area contributed by atoms with E-state index in [9.17, 15) is 9.59 Å². The molecule has 3 atom stereocenters. The van der Waals surface area contributed by atoms with Gasteiger partial charge in [-0.3, -0.25) is 14.4 Å². The van der Waals surface area contributed by atoms with Crippen molar-refractivity contribution in [2.24, 2.45) is 5.92 Å². The predicted octanol–water partition coefficient (Wildman–Crippen LogP) is 7.27. The molecular formula is C34H40N2O5. The largest absolute Gasteiger partial charge is 0.494 e. The molecule has 2 aliphatic rings. The fourth-order valence-electron chi connectivity index (χ4n) is 5.55. The summed E-state index contributed by atoms with van der Waals surface area (Å²) in [7, 11) is 0. The van der Waals surface area contributed by atoms with E-state index >= 15 is 0 Å². The molecule has 3 aromatic carbocycles. The second-order valence-corrected chi connectivity index (χ2v) is 10.7. The number of carbonyl (C=O) groups is 2. The van der Waals surface area contributed by atoms with Crippen LogP contribution in [-0.4, -0.2) is 31.1 Å². The van der Waals surface area contributed by atoms with Crippen LogP contribution in [0.15, 0.2) is 78.9 Å². The van der Waals surface area contributed by atoms with Crippen molar-refractivity contribution in [2.45, 2.75) is 70.9 Å². The topological polar surface area (TPSA) is 68.3 Å². The number of benzene rings is 3. The van der Waals surface area contributed by atoms with Gasteiger partial charge in [0.05, 0.1) is 30.6 Å². The molecule has 0 spiro atoms. The molecule has 0 N–H and O–H groups in total. The minimum atomic E-state index is -0.910. The van der Waals surface area contributed by atoms with E-state index in [1.54, 1.807) is 29.3 Å². The van der Waals surface area contributed by atoms with E-state index in [0.29, 0.717) is 24.7 Å². The van der Waals surface area contributed by atoms with Crippen LogP contribution in [0.1, 0.15) is 70.4 Å². The number of carbonyl (C=O) groups excluding carboxylic acids is 2. The Hall–Kier alpha value is -3.84. The van der Waals surface area contributed by atoms with Gasteiger partial charge in [-0.15, -0.1) is 0 Å². The molecule has 5 rings (SSSR count). The summed E-state index contributed by atoms with van der Waals surface area (Å²) in [6.45, 7) is 5.56. The van der Waals surface area contributed by atoms with E-state index in [1.165, 1.54) is 37.0 Å². The van der Waals surface area contributed by atoms with E-state index in [2.05, 4.69) is 6.92 Å². The number of imide groups is 1. The molecule has 0 bridgehead atoms. The summed E-state index contributed by atoms with van der Waals surface area (Å²) in [4.78, 5) is 35.0. The van der Waals surface area contributed by atoms with Crippen molar-refractivity contribution in [1.29, 1.82) is 0 Å². The smallest absolute Gasteiger partial charge is 0.266 e. The van der Waals surface area contributed by atoms with Crippen LogP contribution in [0.4, 0.5) is 11.4 Å². The van der Waals surface area contributed by atoms with Gasteiger partial charge < -0.3 is 9.47 Å². The third kappa shape index (κ3) is 6.41. The first-order valence-electron chi connectivity index (χ1n) is 15.0. The lowest BCUT2D eigenvalue weighted by Gasteiger charge is -2.29. The van der Waals surface area contributed by atoms with Crippen LogP contribution in [0.2, 0.25) is 0 Å². The maximum absolute atomic E-state index is 13.9. The highest BCUT2D eigenvalue weighted by atomic mass is 16.7. The molecular weight excluding hydrogens is 516 g/mol. The summed E-state index contributed by atoms with van der Waals surface area (Å²) in [6, 6.07) is 24.1. The number of rotatable bonds is 14. The Morgan fingerprint density at radius 3 is 1.98 bits per heavy atom. The molecule has 0 aromatic heterocycles. The lowest BCUT2D eigenvalue weighted by atomic mass is 9.90. The van der Waals surface area contributed by atoms with Gasteiger partial charge in [0.25, 0.3) is 5.91 Å². The number of unbranched alkanes of at least 4 members (excludes halogenated alkanes) is 5. The number of fused-ring (bicyclic) bond motifs is 1. The highest BCUT2D eigenvalue weighted by Crippen LogP contribution is 2.47. The fourth-order valence-corrected chi connectivity index (χ4v) is 5.55. The molecule has 2 fully saturated rings. The van der Waals surface area contributed by atoms with Crippen molar-refractivity contribution in [3.63, 3.8) is 0 Å². The van der Waals surface area contributed by atoms with Crippen LogP contribution in [0.25, 0.3) is 0 Å². The number of hydrogen-bond acceptors (Lipinski definition) is 6. The van der Waals surface area contributed by atoms with Crippen LogP contribution in [0.5, 0.6) is 11.5 Å². The predicted molar refractivity (Wildman–Crippen MR) is 160 cm³/mol. The Balaban J connectivity index is 1.33. The zero-order chi connectivity index (χ0) is 28.6. The summed E-state index contributed by atoms with van der Waals surface area (Å²) in [6.07, 6.45) is 7.27. The van der Waals surface area contributed by atoms with Crippen LogP contribution >= 0.6 is 0 Å². The highest BCUT2D eigenvalue weighted by Gasteiger charge is 2.60. The normalized spacial score (nSPS) is 20.0. The van der Waals surface area contributed by atoms with E-state index in [-0.39, 0.29) is 11.8 Å². The van der Waals surface area contributed by atoms with Gasteiger partial charge in [-0.05, 0) is 66.9 Å². The monoisotopic (exact) mass is 556 g/mol. The molecule has 2 aliphatic heterocycles. The summed E-state index contributed by atoms with van der Waals surface area (Å²) in [5, 5.41) is 1.72. The molecule has 216 valence electrons. The number of hydroxylamine groups is 1. The minimum absolute atomic E-state index is 0.269. The molecule has 2 amide bonds. The molecule has 2 saturated heterocycles. The lowest BCUT2D eigenvalue weighted by Crippen LogP contribution is -2.37. The quantitative estimate of drug-likeness (QED) is 0.154. The van der Waals surface area contributed by atoms with Gasteiger partial charge in [-0.25, -0.2) is 9.96 Å². The van der Waals surface area contributed by atoms with Crippen molar-refractivity contribution in [3.8, 4) is 11.5 Å². The summed E-state index contributed by atoms with van der Waals surface area (Å²) < 4.78 is 11.7. The Labute approximate surface area is 243 Å². The zero-order valence-corrected chi connectivity index (χ0v) is 24.0. The average molecular weight is 557 g/mol. The number of nitrogens with zero attached hydrogens (tertiary/aromatic N) is 2. The van der Waals surface area contributed by atoms with Crippen molar-refractivity contribution >= 4 is 23.2 Å². The number of hydrogen-bond donors (Lipinski definition) is 0. The van der Waals surface area contributed by atoms with Gasteiger partial charge in [-0.2, -0.15) is 0 Å². The van der Waals surface area contributed by atoms with Crippen LogP contribution in [-0.2, 0) is 14.4 Å². The summed E-state index contributed by atoms with van der Waals surface area (Å²) >= 11 is 0. The fraction of sp³-hybridized carbons (Fsp3) is 0.412. The van der Waals surface area contributed by atoms with E-state index in [4.69, 9.17) is 14.3 Å². The first-order chi connectivity index (χ1) is 20.1. The van der Waals surface area contributed by atoms with Gasteiger partial charge in [0.1, 0.15) is 17.4 Å². The highest BCUT2D eigenvalue weighted by molar-refractivity contribution is 6.23. The molecule has 3 aromatic rings. The van der Waals surface area contributed by atoms with Crippen molar-refractivity contribution in [1.82, 2.24) is 0 Å². The molecule has 0 unspecified atom stereocenters. The van der Waals surface area contributed by atoms with Crippen LogP contribution < -0.4 is 19.4 Å². The average Bonchev–Trinajstić information content (AvgIpc) is 3.52. The van der Waals surface area contributed by atoms with Gasteiger partial charge in [0.15, 0.2) is 6.10 Å². The molecule has 7 nitrogen and oxygen atoms in total. The van der Waals surface area contributed by atoms with E-state index in [0.717, 1.165) is 29.8 Å². The SMILES string of the molecule is CCCCCCCCOc1ccc([C@H]2[C@H]3C(=O)N(c4ccc(OCCC)cc4)C(=O)[C@H]3ON2c2ccccc2)cc1. The third-order valence-corrected chi connectivity index (χ3v) is 7.68. The Morgan fingerprint density at radius 1 is 0.659 bits per heavy atom. The second-order valence-electron chi connectivity index (χ2n) is 10.7. The minimum Gasteiger partial charge on any atom is -0.494 e. The Morgan fingerprint density at radius 2 is 1.29 bits per heavy atom. The third-order valence-electron chi connectivity index (χ3n) is 7.68. The molecule has 0 saturated carbocycles. The number of para-hydroxylation sites is 1. The molecule has 7 heteroatoms. The molecule has 41 heavy (non-hydrogen) atoms. The molecule has 0 radical (unpaired) electrons. The second kappa shape index (κ2) is 13.7. The van der Waals surface area contributed by atoms with Crippen LogP contribution in [0.3, 0.4) is 0 Å². The Bertz CT molecular complexity index is 1280. The number of anilines is 2. The lowest BCUT2D eigenvalue weighted by molar-refractivity contribution is -0.126. The van der Waals surface area contributed by atoms with Crippen molar-refractivity contribution < 1.29 is 23.9 Å². The van der Waals surface area contributed by atoms with Crippen LogP contribution in [0, 0.1) is 5.92 Å². The van der Waals surface area contributed by atoms with E-state index in [1.807, 2.05) is 61.5 Å². The maximum Gasteiger partial charge on any atom is 0.266 e. The number of amides is 2. The number of ether oxygens (including phenoxy) is 2. The first-order valence-corrected chi connectivity index (χ1v) is 15.0. The summed E-state index contributed by atoms with van der Waals surface area (Å²) in [5.74, 6) is 0.190. The van der Waals surface area contributed by atoms with Gasteiger partial charge >= 0.3 is 0 Å². The summed E-state index contributed by atoms with van der Waals surface area (Å²) in [5.41, 5.74) is 2.20. The molecule has 2 heterocycles. The molecule has 0 aliphatic carbocycles. The van der Waals surface area contributed by atoms with Crippen molar-refractivity contribution in [2.75, 3.05) is 23.2 Å². The van der Waals surface area contributed by atoms with Gasteiger partial charge in [0, 0.05) is 0 Å². The standard InChI is InChI=1S/C34H40N2O5/c1-3-5-6-7-8-12-24-40-28-19-15-25(16-20-28)31-30-32(41-36(31)27-13-10-9-11-14-27)34(38)35(33(30)37)26-17-21-29(22-18-26)39-23-4-2/h9-11,13-22,30-32H,3-8,12,23-24H2,1-2H3/t30-,31+,32+/m1/s1. The van der Waals surface area contributed by atoms with E-state index < -0.39 is 18.1 Å². The van der Waals surface area contributed by atoms with Gasteiger partial charge in [-0.1, -0.05) is 76.3 Å².